The number of hydrogen-bond acceptors (Lipinski definition) is 4. The van der Waals surface area contributed by atoms with Crippen molar-refractivity contribution in [3.8, 4) is 0 Å². The zero-order valence-electron chi connectivity index (χ0n) is 14.1. The van der Waals surface area contributed by atoms with Gasteiger partial charge in [-0.1, -0.05) is 30.3 Å². The van der Waals surface area contributed by atoms with Crippen LogP contribution in [0.2, 0.25) is 0 Å². The molecule has 0 aromatic heterocycles. The van der Waals surface area contributed by atoms with E-state index in [1.54, 1.807) is 0 Å². The highest BCUT2D eigenvalue weighted by Crippen LogP contribution is 2.19. The number of amides is 3. The fourth-order valence-electron chi connectivity index (χ4n) is 3.23. The second-order valence-electron chi connectivity index (χ2n) is 6.51. The summed E-state index contributed by atoms with van der Waals surface area (Å²) in [6.45, 7) is 1.75. The Hall–Kier alpha value is -2.57. The lowest BCUT2D eigenvalue weighted by Crippen LogP contribution is -2.47. The third-order valence-electron chi connectivity index (χ3n) is 4.62. The summed E-state index contributed by atoms with van der Waals surface area (Å²) in [5.74, 6) is -0.0314. The van der Waals surface area contributed by atoms with Crippen LogP contribution in [0.5, 0.6) is 0 Å². The number of hydrogen-bond donors (Lipinski definition) is 2. The van der Waals surface area contributed by atoms with E-state index in [1.165, 1.54) is 4.90 Å². The molecule has 2 N–H and O–H groups in total. The van der Waals surface area contributed by atoms with E-state index in [0.717, 1.165) is 12.0 Å². The van der Waals surface area contributed by atoms with Gasteiger partial charge < -0.3 is 15.4 Å². The van der Waals surface area contributed by atoms with Gasteiger partial charge in [-0.25, -0.2) is 4.79 Å². The molecule has 3 rings (SSSR count). The SMILES string of the molecule is O=C1CC(CNC(=O)[C@@H]2CCCN2C(=O)OCc2ccccc2)CN1. The van der Waals surface area contributed by atoms with E-state index in [1.807, 2.05) is 30.3 Å². The summed E-state index contributed by atoms with van der Waals surface area (Å²) >= 11 is 0. The molecule has 3 amide bonds. The minimum Gasteiger partial charge on any atom is -0.445 e. The summed E-state index contributed by atoms with van der Waals surface area (Å²) in [5.41, 5.74) is 0.912. The first-order chi connectivity index (χ1) is 12.1. The van der Waals surface area contributed by atoms with E-state index in [-0.39, 0.29) is 24.3 Å². The Morgan fingerprint density at radius 1 is 1.28 bits per heavy atom. The van der Waals surface area contributed by atoms with Crippen LogP contribution in [0.25, 0.3) is 0 Å². The molecule has 2 saturated heterocycles. The fourth-order valence-corrected chi connectivity index (χ4v) is 3.23. The maximum Gasteiger partial charge on any atom is 0.410 e. The molecule has 2 fully saturated rings. The van der Waals surface area contributed by atoms with Gasteiger partial charge in [-0.15, -0.1) is 0 Å². The minimum atomic E-state index is -0.492. The molecule has 7 nitrogen and oxygen atoms in total. The zero-order chi connectivity index (χ0) is 17.6. The number of nitrogens with one attached hydrogen (secondary N) is 2. The second kappa shape index (κ2) is 8.00. The number of ether oxygens (including phenoxy) is 1. The predicted molar refractivity (Wildman–Crippen MR) is 90.5 cm³/mol. The van der Waals surface area contributed by atoms with Crippen molar-refractivity contribution >= 4 is 17.9 Å². The van der Waals surface area contributed by atoms with Gasteiger partial charge in [0, 0.05) is 32.0 Å². The molecule has 2 aliphatic rings. The molecule has 2 atom stereocenters. The van der Waals surface area contributed by atoms with Gasteiger partial charge in [-0.2, -0.15) is 0 Å². The normalized spacial score (nSPS) is 22.6. The number of carbonyl (C=O) groups excluding carboxylic acids is 3. The minimum absolute atomic E-state index is 0.0197. The summed E-state index contributed by atoms with van der Waals surface area (Å²) in [6, 6.07) is 8.96. The van der Waals surface area contributed by atoms with Crippen molar-refractivity contribution in [3.63, 3.8) is 0 Å². The summed E-state index contributed by atoms with van der Waals surface area (Å²) in [6.07, 6.45) is 1.39. The van der Waals surface area contributed by atoms with Crippen LogP contribution in [0, 0.1) is 5.92 Å². The van der Waals surface area contributed by atoms with E-state index >= 15 is 0 Å². The highest BCUT2D eigenvalue weighted by molar-refractivity contribution is 5.86. The predicted octanol–water partition coefficient (Wildman–Crippen LogP) is 1.04. The number of carbonyl (C=O) groups is 3. The first-order valence-corrected chi connectivity index (χ1v) is 8.65. The molecule has 1 aromatic rings. The molecule has 2 aliphatic heterocycles. The van der Waals surface area contributed by atoms with Gasteiger partial charge >= 0.3 is 6.09 Å². The Labute approximate surface area is 146 Å². The lowest BCUT2D eigenvalue weighted by atomic mass is 10.1. The molecule has 2 heterocycles. The van der Waals surface area contributed by atoms with Gasteiger partial charge in [0.15, 0.2) is 0 Å². The molecule has 0 spiro atoms. The van der Waals surface area contributed by atoms with Crippen LogP contribution in [-0.4, -0.2) is 48.5 Å². The topological polar surface area (TPSA) is 87.7 Å². The van der Waals surface area contributed by atoms with Crippen molar-refractivity contribution < 1.29 is 19.1 Å². The van der Waals surface area contributed by atoms with Crippen LogP contribution in [-0.2, 0) is 20.9 Å². The van der Waals surface area contributed by atoms with Gasteiger partial charge in [0.05, 0.1) is 0 Å². The molecule has 0 bridgehead atoms. The Kier molecular flexibility index (Phi) is 5.53. The Morgan fingerprint density at radius 2 is 2.08 bits per heavy atom. The van der Waals surface area contributed by atoms with Crippen LogP contribution in [0.15, 0.2) is 30.3 Å². The molecule has 0 radical (unpaired) electrons. The molecule has 25 heavy (non-hydrogen) atoms. The van der Waals surface area contributed by atoms with Crippen molar-refractivity contribution in [1.82, 2.24) is 15.5 Å². The fraction of sp³-hybridized carbons (Fsp3) is 0.500. The first-order valence-electron chi connectivity index (χ1n) is 8.65. The second-order valence-corrected chi connectivity index (χ2v) is 6.51. The average Bonchev–Trinajstić information content (AvgIpc) is 3.27. The molecule has 1 unspecified atom stereocenters. The summed E-state index contributed by atoms with van der Waals surface area (Å²) in [5, 5.41) is 5.61. The van der Waals surface area contributed by atoms with E-state index in [4.69, 9.17) is 4.74 Å². The van der Waals surface area contributed by atoms with Crippen molar-refractivity contribution in [2.75, 3.05) is 19.6 Å². The van der Waals surface area contributed by atoms with Gasteiger partial charge in [-0.3, -0.25) is 14.5 Å². The highest BCUT2D eigenvalue weighted by Gasteiger charge is 2.35. The quantitative estimate of drug-likeness (QED) is 0.835. The highest BCUT2D eigenvalue weighted by atomic mass is 16.6. The smallest absolute Gasteiger partial charge is 0.410 e. The third-order valence-corrected chi connectivity index (χ3v) is 4.62. The molecule has 0 saturated carbocycles. The van der Waals surface area contributed by atoms with Crippen LogP contribution in [0.1, 0.15) is 24.8 Å². The molecule has 0 aliphatic carbocycles. The van der Waals surface area contributed by atoms with Crippen LogP contribution in [0.3, 0.4) is 0 Å². The Morgan fingerprint density at radius 3 is 2.80 bits per heavy atom. The monoisotopic (exact) mass is 345 g/mol. The number of benzene rings is 1. The number of rotatable bonds is 5. The zero-order valence-corrected chi connectivity index (χ0v) is 14.1. The Balaban J connectivity index is 1.48. The lowest BCUT2D eigenvalue weighted by molar-refractivity contribution is -0.125. The van der Waals surface area contributed by atoms with Gasteiger partial charge in [0.2, 0.25) is 11.8 Å². The number of nitrogens with zero attached hydrogens (tertiary/aromatic N) is 1. The molecular formula is C18H23N3O4. The van der Waals surface area contributed by atoms with Crippen molar-refractivity contribution in [2.24, 2.45) is 5.92 Å². The largest absolute Gasteiger partial charge is 0.445 e. The first kappa shape index (κ1) is 17.3. The van der Waals surface area contributed by atoms with Crippen molar-refractivity contribution in [1.29, 1.82) is 0 Å². The molecule has 1 aromatic carbocycles. The van der Waals surface area contributed by atoms with Gasteiger partial charge in [-0.05, 0) is 18.4 Å². The van der Waals surface area contributed by atoms with Gasteiger partial charge in [0.1, 0.15) is 12.6 Å². The van der Waals surface area contributed by atoms with Crippen molar-refractivity contribution in [3.05, 3.63) is 35.9 Å². The van der Waals surface area contributed by atoms with Crippen LogP contribution < -0.4 is 10.6 Å². The number of likely N-dealkylation sites (tertiary alicyclic amines) is 1. The standard InChI is InChI=1S/C18H23N3O4/c22-16-9-14(10-19-16)11-20-17(23)15-7-4-8-21(15)18(24)25-12-13-5-2-1-3-6-13/h1-3,5-6,14-15H,4,7-12H2,(H,19,22)(H,20,23)/t14?,15-/m0/s1. The molecule has 7 heteroatoms. The summed E-state index contributed by atoms with van der Waals surface area (Å²) < 4.78 is 5.34. The van der Waals surface area contributed by atoms with E-state index < -0.39 is 12.1 Å². The maximum absolute atomic E-state index is 12.4. The summed E-state index contributed by atoms with van der Waals surface area (Å²) in [4.78, 5) is 37.4. The van der Waals surface area contributed by atoms with Crippen LogP contribution in [0.4, 0.5) is 4.79 Å². The molecule has 134 valence electrons. The molecular weight excluding hydrogens is 322 g/mol. The van der Waals surface area contributed by atoms with E-state index in [9.17, 15) is 14.4 Å². The average molecular weight is 345 g/mol. The van der Waals surface area contributed by atoms with Crippen molar-refractivity contribution in [2.45, 2.75) is 31.9 Å². The Bertz CT molecular complexity index is 634. The third kappa shape index (κ3) is 4.49. The lowest BCUT2D eigenvalue weighted by Gasteiger charge is -2.23. The van der Waals surface area contributed by atoms with E-state index in [0.29, 0.717) is 32.5 Å². The van der Waals surface area contributed by atoms with Gasteiger partial charge in [0.25, 0.3) is 0 Å². The maximum atomic E-state index is 12.4. The van der Waals surface area contributed by atoms with Crippen LogP contribution >= 0.6 is 0 Å². The van der Waals surface area contributed by atoms with E-state index in [2.05, 4.69) is 10.6 Å². The summed E-state index contributed by atoms with van der Waals surface area (Å²) in [7, 11) is 0.